The third kappa shape index (κ3) is 6.26. The standard InChI is InChI=1S/C27H27Cl2N3O5S/c1-38(36)30-14-19(15-33)32-25(22-12-11-18(28)13-23(22)29)24(20-9-5-6-10-21(20)27(32)35)26(34)31-37-16-17-7-3-2-4-8-17/h2-13,19,24-25,30,33H,14-16H2,1H3,(H,31,34)/t19-,24?,25?,38?/m1/s1. The molecule has 3 aromatic carbocycles. The molecule has 1 heterocycles. The number of hydrogen-bond acceptors (Lipinski definition) is 5. The number of aliphatic hydroxyl groups is 1. The molecule has 0 aliphatic carbocycles. The summed E-state index contributed by atoms with van der Waals surface area (Å²) >= 11 is 12.8. The molecular weight excluding hydrogens is 549 g/mol. The fraction of sp³-hybridized carbons (Fsp3) is 0.259. The Kier molecular flexibility index (Phi) is 9.54. The van der Waals surface area contributed by atoms with Gasteiger partial charge in [0, 0.05) is 28.4 Å². The minimum atomic E-state index is -1.39. The lowest BCUT2D eigenvalue weighted by Gasteiger charge is -2.45. The van der Waals surface area contributed by atoms with Gasteiger partial charge in [0.15, 0.2) is 0 Å². The van der Waals surface area contributed by atoms with Gasteiger partial charge in [0.25, 0.3) is 11.8 Å². The second-order valence-electron chi connectivity index (χ2n) is 8.77. The predicted molar refractivity (Wildman–Crippen MR) is 147 cm³/mol. The van der Waals surface area contributed by atoms with Gasteiger partial charge in [-0.15, -0.1) is 0 Å². The molecule has 1 aliphatic heterocycles. The SMILES string of the molecule is CS(=O)NC[C@H](CO)N1C(=O)c2ccccc2C(C(=O)NOCc2ccccc2)C1c1ccc(Cl)cc1Cl. The van der Waals surface area contributed by atoms with Gasteiger partial charge in [-0.25, -0.2) is 14.4 Å². The summed E-state index contributed by atoms with van der Waals surface area (Å²) in [6.45, 7) is -0.284. The molecule has 8 nitrogen and oxygen atoms in total. The molecule has 38 heavy (non-hydrogen) atoms. The summed E-state index contributed by atoms with van der Waals surface area (Å²) in [4.78, 5) is 34.6. The van der Waals surface area contributed by atoms with Crippen molar-refractivity contribution in [3.8, 4) is 0 Å². The van der Waals surface area contributed by atoms with Crippen molar-refractivity contribution in [1.82, 2.24) is 15.1 Å². The molecule has 0 spiro atoms. The molecule has 0 radical (unpaired) electrons. The van der Waals surface area contributed by atoms with Crippen LogP contribution in [-0.4, -0.2) is 51.5 Å². The van der Waals surface area contributed by atoms with Crippen LogP contribution in [0.2, 0.25) is 10.0 Å². The highest BCUT2D eigenvalue weighted by Gasteiger charge is 2.47. The number of amides is 2. The molecule has 0 fully saturated rings. The van der Waals surface area contributed by atoms with E-state index in [0.29, 0.717) is 21.7 Å². The molecular formula is C27H27Cl2N3O5S. The quantitative estimate of drug-likeness (QED) is 0.319. The summed E-state index contributed by atoms with van der Waals surface area (Å²) in [6, 6.07) is 19.2. The van der Waals surface area contributed by atoms with Gasteiger partial charge in [-0.1, -0.05) is 77.8 Å². The Labute approximate surface area is 233 Å². The van der Waals surface area contributed by atoms with Crippen LogP contribution in [0.3, 0.4) is 0 Å². The third-order valence-corrected chi connectivity index (χ3v) is 7.46. The average Bonchev–Trinajstić information content (AvgIpc) is 2.90. The van der Waals surface area contributed by atoms with Crippen LogP contribution in [0.25, 0.3) is 0 Å². The Morgan fingerprint density at radius 2 is 1.79 bits per heavy atom. The highest BCUT2D eigenvalue weighted by atomic mass is 35.5. The number of aliphatic hydroxyl groups excluding tert-OH is 1. The number of fused-ring (bicyclic) bond motifs is 1. The van der Waals surface area contributed by atoms with Gasteiger partial charge in [0.1, 0.15) is 0 Å². The number of benzene rings is 3. The number of carbonyl (C=O) groups excluding carboxylic acids is 2. The predicted octanol–water partition coefficient (Wildman–Crippen LogP) is 3.77. The molecule has 3 N–H and O–H groups in total. The van der Waals surface area contributed by atoms with Crippen molar-refractivity contribution in [1.29, 1.82) is 0 Å². The highest BCUT2D eigenvalue weighted by molar-refractivity contribution is 7.82. The Bertz CT molecular complexity index is 1330. The first-order valence-corrected chi connectivity index (χ1v) is 14.1. The molecule has 0 bridgehead atoms. The zero-order valence-electron chi connectivity index (χ0n) is 20.5. The number of nitrogens with zero attached hydrogens (tertiary/aromatic N) is 1. The number of halogens is 2. The number of hydrogen-bond donors (Lipinski definition) is 3. The zero-order chi connectivity index (χ0) is 27.2. The van der Waals surface area contributed by atoms with Gasteiger partial charge in [-0.05, 0) is 34.9 Å². The van der Waals surface area contributed by atoms with Crippen LogP contribution >= 0.6 is 23.2 Å². The lowest BCUT2D eigenvalue weighted by molar-refractivity contribution is -0.138. The van der Waals surface area contributed by atoms with Gasteiger partial charge in [-0.2, -0.15) is 0 Å². The number of hydroxylamine groups is 1. The Morgan fingerprint density at radius 3 is 2.47 bits per heavy atom. The van der Waals surface area contributed by atoms with Crippen molar-refractivity contribution in [3.63, 3.8) is 0 Å². The smallest absolute Gasteiger partial charge is 0.255 e. The van der Waals surface area contributed by atoms with Crippen LogP contribution in [0.1, 0.15) is 39.0 Å². The van der Waals surface area contributed by atoms with E-state index in [1.165, 1.54) is 17.2 Å². The Hall–Kier alpha value is -2.79. The average molecular weight is 577 g/mol. The number of nitrogens with one attached hydrogen (secondary N) is 2. The van der Waals surface area contributed by atoms with Crippen LogP contribution < -0.4 is 10.2 Å². The first-order valence-electron chi connectivity index (χ1n) is 11.8. The van der Waals surface area contributed by atoms with Crippen LogP contribution in [-0.2, 0) is 27.2 Å². The number of carbonyl (C=O) groups is 2. The zero-order valence-corrected chi connectivity index (χ0v) is 22.8. The Balaban J connectivity index is 1.78. The molecule has 0 saturated carbocycles. The monoisotopic (exact) mass is 575 g/mol. The minimum Gasteiger partial charge on any atom is -0.394 e. The summed E-state index contributed by atoms with van der Waals surface area (Å²) < 4.78 is 14.5. The van der Waals surface area contributed by atoms with E-state index in [0.717, 1.165) is 5.56 Å². The molecule has 3 aromatic rings. The van der Waals surface area contributed by atoms with Gasteiger partial charge < -0.3 is 10.0 Å². The van der Waals surface area contributed by atoms with Crippen LogP contribution in [0.4, 0.5) is 0 Å². The molecule has 11 heteroatoms. The number of rotatable bonds is 10. The maximum Gasteiger partial charge on any atom is 0.255 e. The minimum absolute atomic E-state index is 0.0219. The fourth-order valence-corrected chi connectivity index (χ4v) is 5.55. The first kappa shape index (κ1) is 28.2. The van der Waals surface area contributed by atoms with Crippen molar-refractivity contribution in [2.24, 2.45) is 0 Å². The van der Waals surface area contributed by atoms with Crippen molar-refractivity contribution in [2.45, 2.75) is 24.6 Å². The summed E-state index contributed by atoms with van der Waals surface area (Å²) in [5.74, 6) is -1.83. The molecule has 2 amide bonds. The van der Waals surface area contributed by atoms with Gasteiger partial charge in [0.05, 0.1) is 42.2 Å². The lowest BCUT2D eigenvalue weighted by atomic mass is 9.78. The molecule has 1 aliphatic rings. The van der Waals surface area contributed by atoms with Crippen molar-refractivity contribution in [2.75, 3.05) is 19.4 Å². The van der Waals surface area contributed by atoms with E-state index in [2.05, 4.69) is 10.2 Å². The van der Waals surface area contributed by atoms with Gasteiger partial charge in [0.2, 0.25) is 0 Å². The second kappa shape index (κ2) is 12.8. The van der Waals surface area contributed by atoms with Gasteiger partial charge in [-0.3, -0.25) is 14.4 Å². The van der Waals surface area contributed by atoms with E-state index in [-0.39, 0.29) is 18.2 Å². The molecule has 4 atom stereocenters. The van der Waals surface area contributed by atoms with Crippen molar-refractivity contribution in [3.05, 3.63) is 105 Å². The molecule has 3 unspecified atom stereocenters. The van der Waals surface area contributed by atoms with E-state index in [1.54, 1.807) is 36.4 Å². The van der Waals surface area contributed by atoms with Crippen LogP contribution in [0, 0.1) is 0 Å². The topological polar surface area (TPSA) is 108 Å². The summed E-state index contributed by atoms with van der Waals surface area (Å²) in [6.07, 6.45) is 1.45. The highest BCUT2D eigenvalue weighted by Crippen LogP contribution is 2.46. The van der Waals surface area contributed by atoms with E-state index in [9.17, 15) is 18.9 Å². The summed E-state index contributed by atoms with van der Waals surface area (Å²) in [7, 11) is -1.39. The molecule has 0 saturated heterocycles. The largest absolute Gasteiger partial charge is 0.394 e. The normalized spacial score (nSPS) is 18.5. The van der Waals surface area contributed by atoms with E-state index >= 15 is 0 Å². The maximum absolute atomic E-state index is 13.9. The second-order valence-corrected chi connectivity index (χ2v) is 10.8. The van der Waals surface area contributed by atoms with Crippen molar-refractivity contribution < 1.29 is 23.7 Å². The summed E-state index contributed by atoms with van der Waals surface area (Å²) in [5.41, 5.74) is 4.69. The van der Waals surface area contributed by atoms with Gasteiger partial charge >= 0.3 is 0 Å². The van der Waals surface area contributed by atoms with E-state index < -0.39 is 47.4 Å². The van der Waals surface area contributed by atoms with Crippen LogP contribution in [0.5, 0.6) is 0 Å². The fourth-order valence-electron chi connectivity index (χ4n) is 4.60. The van der Waals surface area contributed by atoms with Crippen LogP contribution in [0.15, 0.2) is 72.8 Å². The molecule has 200 valence electrons. The third-order valence-electron chi connectivity index (χ3n) is 6.32. The molecule has 4 rings (SSSR count). The lowest BCUT2D eigenvalue weighted by Crippen LogP contribution is -2.55. The first-order chi connectivity index (χ1) is 18.3. The Morgan fingerprint density at radius 1 is 1.08 bits per heavy atom. The van der Waals surface area contributed by atoms with E-state index in [4.69, 9.17) is 28.0 Å². The van der Waals surface area contributed by atoms with E-state index in [1.807, 2.05) is 30.3 Å². The molecule has 0 aromatic heterocycles. The maximum atomic E-state index is 13.9. The summed E-state index contributed by atoms with van der Waals surface area (Å²) in [5, 5.41) is 11.0. The van der Waals surface area contributed by atoms with Crippen molar-refractivity contribution >= 4 is 46.0 Å².